The van der Waals surface area contributed by atoms with E-state index in [2.05, 4.69) is 4.98 Å². The molecule has 0 saturated carbocycles. The fourth-order valence-corrected chi connectivity index (χ4v) is 3.28. The van der Waals surface area contributed by atoms with Gasteiger partial charge in [-0.2, -0.15) is 0 Å². The zero-order valence-electron chi connectivity index (χ0n) is 17.4. The fraction of sp³-hybridized carbons (Fsp3) is 0.684. The zero-order valence-corrected chi connectivity index (χ0v) is 18.2. The van der Waals surface area contributed by atoms with Gasteiger partial charge in [-0.3, -0.25) is 9.59 Å². The van der Waals surface area contributed by atoms with Crippen LogP contribution >= 0.6 is 11.3 Å². The van der Waals surface area contributed by atoms with E-state index in [4.69, 9.17) is 9.47 Å². The molecule has 0 aliphatic heterocycles. The summed E-state index contributed by atoms with van der Waals surface area (Å²) in [6.07, 6.45) is -0.312. The lowest BCUT2D eigenvalue weighted by molar-refractivity contribution is -0.142. The standard InChI is InChI=1S/C19H30N2O5S/c1-11(2)15(21(8)18(24)26-19(5,6)7)9-16(23)17-20-14(12(3)27-17)10-25-13(4)22/h11,15H,9-10H2,1-8H3/t15-/m1/s1. The summed E-state index contributed by atoms with van der Waals surface area (Å²) in [6.45, 7) is 12.5. The van der Waals surface area contributed by atoms with E-state index in [0.717, 1.165) is 4.88 Å². The number of aryl methyl sites for hydroxylation is 1. The van der Waals surface area contributed by atoms with E-state index in [1.807, 2.05) is 20.8 Å². The van der Waals surface area contributed by atoms with Crippen molar-refractivity contribution in [1.29, 1.82) is 0 Å². The molecular formula is C19H30N2O5S. The SMILES string of the molecule is CC(=O)OCc1nc(C(=O)C[C@H](C(C)C)N(C)C(=O)OC(C)(C)C)sc1C. The Kier molecular flexibility index (Phi) is 7.95. The van der Waals surface area contributed by atoms with Crippen LogP contribution in [-0.4, -0.2) is 46.4 Å². The number of carbonyl (C=O) groups is 3. The number of hydrogen-bond donors (Lipinski definition) is 0. The molecule has 1 heterocycles. The predicted molar refractivity (Wildman–Crippen MR) is 104 cm³/mol. The van der Waals surface area contributed by atoms with Crippen LogP contribution in [0, 0.1) is 12.8 Å². The lowest BCUT2D eigenvalue weighted by Gasteiger charge is -2.32. The van der Waals surface area contributed by atoms with Crippen LogP contribution in [0.25, 0.3) is 0 Å². The zero-order chi connectivity index (χ0) is 20.9. The molecule has 0 aliphatic rings. The van der Waals surface area contributed by atoms with Crippen LogP contribution in [-0.2, 0) is 20.9 Å². The van der Waals surface area contributed by atoms with Crippen molar-refractivity contribution in [3.05, 3.63) is 15.6 Å². The van der Waals surface area contributed by atoms with Crippen LogP contribution in [0.3, 0.4) is 0 Å². The van der Waals surface area contributed by atoms with E-state index in [0.29, 0.717) is 10.7 Å². The number of amides is 1. The maximum Gasteiger partial charge on any atom is 0.410 e. The minimum absolute atomic E-state index is 0.0520. The van der Waals surface area contributed by atoms with E-state index < -0.39 is 17.7 Å². The number of Topliss-reactive ketones (excluding diaryl/α,β-unsaturated/α-hetero) is 1. The lowest BCUT2D eigenvalue weighted by Crippen LogP contribution is -2.44. The Morgan fingerprint density at radius 1 is 1.22 bits per heavy atom. The highest BCUT2D eigenvalue weighted by Crippen LogP contribution is 2.23. The van der Waals surface area contributed by atoms with Gasteiger partial charge in [0.1, 0.15) is 12.2 Å². The van der Waals surface area contributed by atoms with Crippen molar-refractivity contribution in [3.63, 3.8) is 0 Å². The first-order valence-electron chi connectivity index (χ1n) is 8.90. The van der Waals surface area contributed by atoms with Crippen molar-refractivity contribution in [2.45, 2.75) is 73.1 Å². The summed E-state index contributed by atoms with van der Waals surface area (Å²) in [7, 11) is 1.64. The molecule has 0 fully saturated rings. The summed E-state index contributed by atoms with van der Waals surface area (Å²) in [5.41, 5.74) is -0.0188. The number of thiazole rings is 1. The summed E-state index contributed by atoms with van der Waals surface area (Å²) in [5.74, 6) is -0.478. The van der Waals surface area contributed by atoms with Crippen LogP contribution in [0.1, 0.15) is 68.3 Å². The first-order chi connectivity index (χ1) is 12.3. The molecule has 0 aliphatic carbocycles. The minimum Gasteiger partial charge on any atom is -0.459 e. The summed E-state index contributed by atoms with van der Waals surface area (Å²) >= 11 is 1.27. The van der Waals surface area contributed by atoms with Gasteiger partial charge >= 0.3 is 12.1 Å². The Morgan fingerprint density at radius 3 is 2.30 bits per heavy atom. The monoisotopic (exact) mass is 398 g/mol. The molecule has 0 radical (unpaired) electrons. The molecule has 27 heavy (non-hydrogen) atoms. The molecule has 0 unspecified atom stereocenters. The summed E-state index contributed by atoms with van der Waals surface area (Å²) in [5, 5.41) is 0.359. The molecule has 1 amide bonds. The molecule has 1 rings (SSSR count). The normalized spacial score (nSPS) is 12.6. The van der Waals surface area contributed by atoms with Gasteiger partial charge < -0.3 is 14.4 Å². The van der Waals surface area contributed by atoms with Gasteiger partial charge in [-0.1, -0.05) is 13.8 Å². The van der Waals surface area contributed by atoms with Gasteiger partial charge in [-0.05, 0) is 33.6 Å². The number of ether oxygens (including phenoxy) is 2. The number of rotatable bonds is 7. The Balaban J connectivity index is 2.88. The molecule has 7 nitrogen and oxygen atoms in total. The largest absolute Gasteiger partial charge is 0.459 e. The number of carbonyl (C=O) groups excluding carboxylic acids is 3. The van der Waals surface area contributed by atoms with Gasteiger partial charge in [-0.15, -0.1) is 11.3 Å². The van der Waals surface area contributed by atoms with E-state index in [1.54, 1.807) is 27.8 Å². The molecular weight excluding hydrogens is 368 g/mol. The van der Waals surface area contributed by atoms with Crippen LogP contribution < -0.4 is 0 Å². The fourth-order valence-electron chi connectivity index (χ4n) is 2.42. The molecule has 8 heteroatoms. The van der Waals surface area contributed by atoms with Crippen molar-refractivity contribution in [1.82, 2.24) is 9.88 Å². The average Bonchev–Trinajstić information content (AvgIpc) is 2.88. The van der Waals surface area contributed by atoms with E-state index in [9.17, 15) is 14.4 Å². The van der Waals surface area contributed by atoms with Gasteiger partial charge in [-0.25, -0.2) is 9.78 Å². The second-order valence-corrected chi connectivity index (χ2v) is 9.04. The van der Waals surface area contributed by atoms with Gasteiger partial charge in [0.15, 0.2) is 10.8 Å². The molecule has 0 spiro atoms. The van der Waals surface area contributed by atoms with Gasteiger partial charge in [0.2, 0.25) is 0 Å². The van der Waals surface area contributed by atoms with Crippen molar-refractivity contribution in [3.8, 4) is 0 Å². The Labute approximate surface area is 165 Å². The van der Waals surface area contributed by atoms with Crippen LogP contribution in [0.2, 0.25) is 0 Å². The summed E-state index contributed by atoms with van der Waals surface area (Å²) in [4.78, 5) is 42.7. The van der Waals surface area contributed by atoms with Gasteiger partial charge in [0.25, 0.3) is 0 Å². The van der Waals surface area contributed by atoms with Crippen molar-refractivity contribution in [2.24, 2.45) is 5.92 Å². The lowest BCUT2D eigenvalue weighted by atomic mass is 9.97. The third kappa shape index (κ3) is 7.28. The van der Waals surface area contributed by atoms with E-state index in [-0.39, 0.29) is 30.8 Å². The molecule has 1 aromatic heterocycles. The summed E-state index contributed by atoms with van der Waals surface area (Å²) in [6, 6.07) is -0.312. The average molecular weight is 399 g/mol. The van der Waals surface area contributed by atoms with Gasteiger partial charge in [0, 0.05) is 31.3 Å². The Morgan fingerprint density at radius 2 is 1.81 bits per heavy atom. The van der Waals surface area contributed by atoms with E-state index in [1.165, 1.54) is 23.2 Å². The summed E-state index contributed by atoms with van der Waals surface area (Å²) < 4.78 is 10.4. The number of hydrogen-bond acceptors (Lipinski definition) is 7. The number of nitrogens with zero attached hydrogens (tertiary/aromatic N) is 2. The van der Waals surface area contributed by atoms with E-state index >= 15 is 0 Å². The Bertz CT molecular complexity index is 691. The molecule has 0 saturated heterocycles. The predicted octanol–water partition coefficient (Wildman–Crippen LogP) is 3.98. The molecule has 0 aromatic carbocycles. The van der Waals surface area contributed by atoms with Crippen LogP contribution in [0.15, 0.2) is 0 Å². The third-order valence-electron chi connectivity index (χ3n) is 3.89. The second-order valence-electron chi connectivity index (χ2n) is 7.83. The highest BCUT2D eigenvalue weighted by Gasteiger charge is 2.30. The molecule has 1 aromatic rings. The molecule has 152 valence electrons. The highest BCUT2D eigenvalue weighted by molar-refractivity contribution is 7.13. The first kappa shape index (κ1) is 23.1. The topological polar surface area (TPSA) is 85.8 Å². The number of aromatic nitrogens is 1. The van der Waals surface area contributed by atoms with Crippen molar-refractivity contribution >= 4 is 29.2 Å². The van der Waals surface area contributed by atoms with Crippen LogP contribution in [0.4, 0.5) is 4.79 Å². The quantitative estimate of drug-likeness (QED) is 0.510. The first-order valence-corrected chi connectivity index (χ1v) is 9.72. The Hall–Kier alpha value is -1.96. The van der Waals surface area contributed by atoms with Crippen LogP contribution in [0.5, 0.6) is 0 Å². The molecule has 0 N–H and O–H groups in total. The number of esters is 1. The molecule has 0 bridgehead atoms. The highest BCUT2D eigenvalue weighted by atomic mass is 32.1. The smallest absolute Gasteiger partial charge is 0.410 e. The maximum atomic E-state index is 12.7. The minimum atomic E-state index is -0.602. The number of ketones is 1. The molecule has 1 atom stereocenters. The second kappa shape index (κ2) is 9.30. The van der Waals surface area contributed by atoms with Crippen molar-refractivity contribution in [2.75, 3.05) is 7.05 Å². The third-order valence-corrected chi connectivity index (χ3v) is 4.94. The maximum absolute atomic E-state index is 12.7. The van der Waals surface area contributed by atoms with Crippen molar-refractivity contribution < 1.29 is 23.9 Å². The van der Waals surface area contributed by atoms with Gasteiger partial charge in [0.05, 0.1) is 5.69 Å².